The first-order valence-electron chi connectivity index (χ1n) is 7.69. The van der Waals surface area contributed by atoms with Gasteiger partial charge in [-0.15, -0.1) is 0 Å². The summed E-state index contributed by atoms with van der Waals surface area (Å²) in [5.74, 6) is -0.549. The largest absolute Gasteiger partial charge is 0.481 e. The predicted octanol–water partition coefficient (Wildman–Crippen LogP) is 3.70. The Kier molecular flexibility index (Phi) is 4.95. The van der Waals surface area contributed by atoms with Crippen molar-refractivity contribution in [2.24, 2.45) is 0 Å². The van der Waals surface area contributed by atoms with Gasteiger partial charge in [0.15, 0.2) is 0 Å². The standard InChI is InChI=1S/C19H15ClN2O3/c20-14-8-5-13(6-9-14)7-10-17-21-16-4-2-1-3-15(16)19(25)22(17)12-11-18(23)24/h1-10H,11-12H2,(H,23,24). The Morgan fingerprint density at radius 1 is 1.12 bits per heavy atom. The van der Waals surface area contributed by atoms with Crippen molar-refractivity contribution in [2.45, 2.75) is 13.0 Å². The molecule has 3 aromatic rings. The molecule has 0 amide bonds. The molecule has 0 aliphatic rings. The molecule has 126 valence electrons. The van der Waals surface area contributed by atoms with Crippen molar-refractivity contribution in [3.05, 3.63) is 75.3 Å². The molecule has 0 saturated heterocycles. The van der Waals surface area contributed by atoms with E-state index in [9.17, 15) is 9.59 Å². The maximum Gasteiger partial charge on any atom is 0.305 e. The number of aromatic nitrogens is 2. The lowest BCUT2D eigenvalue weighted by molar-refractivity contribution is -0.137. The van der Waals surface area contributed by atoms with E-state index >= 15 is 0 Å². The van der Waals surface area contributed by atoms with Gasteiger partial charge in [0.05, 0.1) is 17.3 Å². The van der Waals surface area contributed by atoms with E-state index in [2.05, 4.69) is 4.98 Å². The van der Waals surface area contributed by atoms with Crippen LogP contribution in [0.25, 0.3) is 23.1 Å². The van der Waals surface area contributed by atoms with Gasteiger partial charge in [-0.2, -0.15) is 0 Å². The van der Waals surface area contributed by atoms with Gasteiger partial charge in [0, 0.05) is 11.6 Å². The summed E-state index contributed by atoms with van der Waals surface area (Å²) in [5, 5.41) is 10.0. The molecule has 1 heterocycles. The van der Waals surface area contributed by atoms with Gasteiger partial charge in [-0.25, -0.2) is 4.98 Å². The second kappa shape index (κ2) is 7.32. The van der Waals surface area contributed by atoms with Gasteiger partial charge in [-0.05, 0) is 35.9 Å². The summed E-state index contributed by atoms with van der Waals surface area (Å²) in [4.78, 5) is 28.1. The molecule has 0 atom stereocenters. The molecule has 5 nitrogen and oxygen atoms in total. The Bertz CT molecular complexity index is 1010. The van der Waals surface area contributed by atoms with E-state index in [0.717, 1.165) is 5.56 Å². The molecule has 0 fully saturated rings. The van der Waals surface area contributed by atoms with E-state index in [-0.39, 0.29) is 18.5 Å². The Morgan fingerprint density at radius 2 is 1.84 bits per heavy atom. The zero-order valence-electron chi connectivity index (χ0n) is 13.2. The zero-order chi connectivity index (χ0) is 17.8. The number of carboxylic acids is 1. The van der Waals surface area contributed by atoms with Gasteiger partial charge in [-0.1, -0.05) is 41.9 Å². The van der Waals surface area contributed by atoms with Crippen molar-refractivity contribution in [1.29, 1.82) is 0 Å². The quantitative estimate of drug-likeness (QED) is 0.758. The first kappa shape index (κ1) is 16.9. The van der Waals surface area contributed by atoms with Crippen molar-refractivity contribution >= 4 is 40.6 Å². The van der Waals surface area contributed by atoms with E-state index in [1.54, 1.807) is 36.4 Å². The number of nitrogens with zero attached hydrogens (tertiary/aromatic N) is 2. The van der Waals surface area contributed by atoms with Crippen molar-refractivity contribution in [2.75, 3.05) is 0 Å². The van der Waals surface area contributed by atoms with E-state index in [1.807, 2.05) is 24.3 Å². The van der Waals surface area contributed by atoms with Crippen molar-refractivity contribution in [1.82, 2.24) is 9.55 Å². The summed E-state index contributed by atoms with van der Waals surface area (Å²) in [7, 11) is 0. The normalized spacial score (nSPS) is 11.2. The summed E-state index contributed by atoms with van der Waals surface area (Å²) in [6, 6.07) is 14.3. The van der Waals surface area contributed by atoms with Crippen LogP contribution in [0, 0.1) is 0 Å². The van der Waals surface area contributed by atoms with Crippen LogP contribution in [0.3, 0.4) is 0 Å². The fourth-order valence-electron chi connectivity index (χ4n) is 2.48. The molecule has 3 rings (SSSR count). The Morgan fingerprint density at radius 3 is 2.56 bits per heavy atom. The molecular weight excluding hydrogens is 340 g/mol. The number of carboxylic acid groups (broad SMARTS) is 1. The number of hydrogen-bond donors (Lipinski definition) is 1. The second-order valence-electron chi connectivity index (χ2n) is 5.47. The monoisotopic (exact) mass is 354 g/mol. The summed E-state index contributed by atoms with van der Waals surface area (Å²) >= 11 is 5.87. The van der Waals surface area contributed by atoms with Crippen LogP contribution in [0.4, 0.5) is 0 Å². The first-order valence-corrected chi connectivity index (χ1v) is 8.07. The highest BCUT2D eigenvalue weighted by Gasteiger charge is 2.10. The molecule has 0 bridgehead atoms. The average Bonchev–Trinajstić information content (AvgIpc) is 2.60. The third-order valence-corrected chi connectivity index (χ3v) is 3.99. The van der Waals surface area contributed by atoms with E-state index in [1.165, 1.54) is 4.57 Å². The average molecular weight is 355 g/mol. The smallest absolute Gasteiger partial charge is 0.305 e. The van der Waals surface area contributed by atoms with E-state index in [4.69, 9.17) is 16.7 Å². The van der Waals surface area contributed by atoms with Crippen molar-refractivity contribution < 1.29 is 9.90 Å². The number of hydrogen-bond acceptors (Lipinski definition) is 3. The molecule has 1 aromatic heterocycles. The highest BCUT2D eigenvalue weighted by atomic mass is 35.5. The lowest BCUT2D eigenvalue weighted by Crippen LogP contribution is -2.25. The van der Waals surface area contributed by atoms with E-state index < -0.39 is 5.97 Å². The first-order chi connectivity index (χ1) is 12.0. The summed E-state index contributed by atoms with van der Waals surface area (Å²) in [6.07, 6.45) is 3.37. The SMILES string of the molecule is O=C(O)CCn1c(C=Cc2ccc(Cl)cc2)nc2ccccc2c1=O. The van der Waals surface area contributed by atoms with Gasteiger partial charge in [-0.3, -0.25) is 14.2 Å². The van der Waals surface area contributed by atoms with Crippen LogP contribution in [0.2, 0.25) is 5.02 Å². The van der Waals surface area contributed by atoms with Crippen LogP contribution in [-0.2, 0) is 11.3 Å². The van der Waals surface area contributed by atoms with Crippen LogP contribution in [-0.4, -0.2) is 20.6 Å². The number of rotatable bonds is 5. The second-order valence-corrected chi connectivity index (χ2v) is 5.91. The summed E-state index contributed by atoms with van der Waals surface area (Å²) in [5.41, 5.74) is 1.23. The number of aliphatic carboxylic acids is 1. The van der Waals surface area contributed by atoms with Gasteiger partial charge in [0.1, 0.15) is 5.82 Å². The van der Waals surface area contributed by atoms with Crippen LogP contribution >= 0.6 is 11.6 Å². The van der Waals surface area contributed by atoms with Crippen LogP contribution in [0.1, 0.15) is 17.8 Å². The highest BCUT2D eigenvalue weighted by molar-refractivity contribution is 6.30. The molecular formula is C19H15ClN2O3. The maximum atomic E-state index is 12.7. The number of benzene rings is 2. The van der Waals surface area contributed by atoms with Crippen LogP contribution < -0.4 is 5.56 Å². The number of halogens is 1. The molecule has 0 spiro atoms. The molecule has 0 radical (unpaired) electrons. The van der Waals surface area contributed by atoms with Crippen molar-refractivity contribution in [3.63, 3.8) is 0 Å². The lowest BCUT2D eigenvalue weighted by Gasteiger charge is -2.10. The predicted molar refractivity (Wildman–Crippen MR) is 98.6 cm³/mol. The molecule has 0 aliphatic heterocycles. The third kappa shape index (κ3) is 3.95. The van der Waals surface area contributed by atoms with Crippen LogP contribution in [0.15, 0.2) is 53.3 Å². The molecule has 0 saturated carbocycles. The number of para-hydroxylation sites is 1. The fourth-order valence-corrected chi connectivity index (χ4v) is 2.61. The topological polar surface area (TPSA) is 72.2 Å². The number of carbonyl (C=O) groups is 1. The van der Waals surface area contributed by atoms with Gasteiger partial charge >= 0.3 is 5.97 Å². The highest BCUT2D eigenvalue weighted by Crippen LogP contribution is 2.14. The minimum Gasteiger partial charge on any atom is -0.481 e. The molecule has 25 heavy (non-hydrogen) atoms. The Balaban J connectivity index is 2.07. The zero-order valence-corrected chi connectivity index (χ0v) is 14.0. The van der Waals surface area contributed by atoms with Crippen molar-refractivity contribution in [3.8, 4) is 0 Å². The molecule has 1 N–H and O–H groups in total. The summed E-state index contributed by atoms with van der Waals surface area (Å²) in [6.45, 7) is 0.0618. The molecule has 0 unspecified atom stereocenters. The lowest BCUT2D eigenvalue weighted by atomic mass is 10.2. The van der Waals surface area contributed by atoms with E-state index in [0.29, 0.717) is 21.7 Å². The Labute approximate surface area is 148 Å². The maximum absolute atomic E-state index is 12.7. The Hall–Kier alpha value is -2.92. The fraction of sp³-hybridized carbons (Fsp3) is 0.105. The molecule has 6 heteroatoms. The minimum absolute atomic E-state index is 0.0618. The number of fused-ring (bicyclic) bond motifs is 1. The van der Waals surface area contributed by atoms with Crippen LogP contribution in [0.5, 0.6) is 0 Å². The molecule has 0 aliphatic carbocycles. The third-order valence-electron chi connectivity index (χ3n) is 3.74. The van der Waals surface area contributed by atoms with Gasteiger partial charge in [0.2, 0.25) is 0 Å². The summed E-state index contributed by atoms with van der Waals surface area (Å²) < 4.78 is 1.39. The minimum atomic E-state index is -0.965. The van der Waals surface area contributed by atoms with Gasteiger partial charge in [0.25, 0.3) is 5.56 Å². The van der Waals surface area contributed by atoms with Gasteiger partial charge < -0.3 is 5.11 Å². The molecule has 2 aromatic carbocycles.